The Morgan fingerprint density at radius 3 is 2.67 bits per heavy atom. The third-order valence-electron chi connectivity index (χ3n) is 4.02. The molecule has 5 nitrogen and oxygen atoms in total. The van der Waals surface area contributed by atoms with Crippen molar-refractivity contribution in [1.29, 1.82) is 0 Å². The zero-order valence-corrected chi connectivity index (χ0v) is 14.5. The van der Waals surface area contributed by atoms with Crippen LogP contribution in [0.5, 0.6) is 5.75 Å². The molecular weight excluding hydrogens is 333 g/mol. The van der Waals surface area contributed by atoms with Gasteiger partial charge >= 0.3 is 5.97 Å². The number of pyridine rings is 1. The highest BCUT2D eigenvalue weighted by molar-refractivity contribution is 7.98. The van der Waals surface area contributed by atoms with Crippen LogP contribution in [-0.2, 0) is 4.74 Å². The maximum Gasteiger partial charge on any atom is 0.344 e. The second-order valence-corrected chi connectivity index (χ2v) is 6.31. The number of ether oxygens (including phenoxy) is 2. The molecule has 0 spiro atoms. The van der Waals surface area contributed by atoms with Crippen LogP contribution in [0.25, 0.3) is 10.9 Å². The molecule has 1 aliphatic rings. The molecular formula is C17H18FNO4S. The molecule has 1 aromatic heterocycles. The van der Waals surface area contributed by atoms with Gasteiger partial charge in [0.2, 0.25) is 5.43 Å². The Morgan fingerprint density at radius 2 is 2.12 bits per heavy atom. The maximum absolute atomic E-state index is 14.2. The van der Waals surface area contributed by atoms with Crippen LogP contribution in [0.2, 0.25) is 0 Å². The smallest absolute Gasteiger partial charge is 0.344 e. The molecule has 0 radical (unpaired) electrons. The van der Waals surface area contributed by atoms with E-state index < -0.39 is 17.2 Å². The fourth-order valence-electron chi connectivity index (χ4n) is 2.88. The summed E-state index contributed by atoms with van der Waals surface area (Å²) in [6, 6.07) is 2.72. The highest BCUT2D eigenvalue weighted by atomic mass is 32.2. The van der Waals surface area contributed by atoms with Crippen molar-refractivity contribution < 1.29 is 18.7 Å². The van der Waals surface area contributed by atoms with E-state index in [2.05, 4.69) is 0 Å². The largest absolute Gasteiger partial charge is 0.492 e. The average Bonchev–Trinajstić information content (AvgIpc) is 3.39. The van der Waals surface area contributed by atoms with Gasteiger partial charge in [0.1, 0.15) is 5.56 Å². The van der Waals surface area contributed by atoms with E-state index in [1.54, 1.807) is 13.2 Å². The van der Waals surface area contributed by atoms with Crippen molar-refractivity contribution in [3.8, 4) is 5.75 Å². The molecule has 0 bridgehead atoms. The van der Waals surface area contributed by atoms with E-state index in [1.165, 1.54) is 31.0 Å². The molecule has 1 aliphatic carbocycles. The Balaban J connectivity index is 2.47. The van der Waals surface area contributed by atoms with Crippen LogP contribution in [0.3, 0.4) is 0 Å². The molecule has 1 fully saturated rings. The summed E-state index contributed by atoms with van der Waals surface area (Å²) in [5, 5.41) is 0.762. The first kappa shape index (κ1) is 16.8. The maximum atomic E-state index is 14.2. The van der Waals surface area contributed by atoms with E-state index in [4.69, 9.17) is 9.47 Å². The standard InChI is InChI=1S/C17H18FNO4S/c1-4-23-17(21)12-14(20)10-7-8-11(18)15(22-2)13(10)19(9-5-6-9)16(12)24-3/h7-9H,4-6H2,1-3H3. The van der Waals surface area contributed by atoms with E-state index in [1.807, 2.05) is 4.57 Å². The number of nitrogens with zero attached hydrogens (tertiary/aromatic N) is 1. The molecule has 128 valence electrons. The minimum Gasteiger partial charge on any atom is -0.492 e. The van der Waals surface area contributed by atoms with Crippen LogP contribution in [0, 0.1) is 5.82 Å². The first-order chi connectivity index (χ1) is 11.5. The normalized spacial score (nSPS) is 14.0. The van der Waals surface area contributed by atoms with E-state index >= 15 is 0 Å². The molecule has 1 heterocycles. The SMILES string of the molecule is CCOC(=O)c1c(SC)n(C2CC2)c2c(OC)c(F)ccc2c1=O. The molecule has 0 N–H and O–H groups in total. The number of carbonyl (C=O) groups is 1. The van der Waals surface area contributed by atoms with Crippen LogP contribution in [-0.4, -0.2) is 30.5 Å². The molecule has 1 aromatic carbocycles. The van der Waals surface area contributed by atoms with Gasteiger partial charge in [-0.1, -0.05) is 0 Å². The fourth-order valence-corrected chi connectivity index (χ4v) is 3.70. The lowest BCUT2D eigenvalue weighted by Crippen LogP contribution is -2.24. The topological polar surface area (TPSA) is 57.5 Å². The van der Waals surface area contributed by atoms with Gasteiger partial charge in [-0.3, -0.25) is 4.79 Å². The molecule has 1 saturated carbocycles. The van der Waals surface area contributed by atoms with Crippen molar-refractivity contribution in [2.45, 2.75) is 30.8 Å². The van der Waals surface area contributed by atoms with Gasteiger partial charge in [0.05, 0.1) is 29.6 Å². The second kappa shape index (κ2) is 6.47. The van der Waals surface area contributed by atoms with Crippen LogP contribution in [0.4, 0.5) is 4.39 Å². The summed E-state index contributed by atoms with van der Waals surface area (Å²) >= 11 is 1.28. The third kappa shape index (κ3) is 2.56. The van der Waals surface area contributed by atoms with Crippen LogP contribution < -0.4 is 10.2 Å². The van der Waals surface area contributed by atoms with E-state index in [0.717, 1.165) is 12.8 Å². The Kier molecular flexibility index (Phi) is 4.54. The monoisotopic (exact) mass is 351 g/mol. The second-order valence-electron chi connectivity index (χ2n) is 5.51. The third-order valence-corrected chi connectivity index (χ3v) is 4.81. The number of benzene rings is 1. The van der Waals surface area contributed by atoms with Crippen molar-refractivity contribution in [3.05, 3.63) is 33.7 Å². The number of esters is 1. The summed E-state index contributed by atoms with van der Waals surface area (Å²) in [5.41, 5.74) is -0.0391. The number of hydrogen-bond acceptors (Lipinski definition) is 5. The average molecular weight is 351 g/mol. The van der Waals surface area contributed by atoms with Crippen LogP contribution in [0.1, 0.15) is 36.2 Å². The highest BCUT2D eigenvalue weighted by Crippen LogP contribution is 2.43. The predicted molar refractivity (Wildman–Crippen MR) is 90.7 cm³/mol. The van der Waals surface area contributed by atoms with Gasteiger partial charge < -0.3 is 14.0 Å². The summed E-state index contributed by atoms with van der Waals surface area (Å²) in [6.45, 7) is 1.87. The van der Waals surface area contributed by atoms with E-state index in [9.17, 15) is 14.0 Å². The minimum atomic E-state index is -0.647. The van der Waals surface area contributed by atoms with Crippen molar-refractivity contribution in [2.24, 2.45) is 0 Å². The Labute approximate surface area is 142 Å². The van der Waals surface area contributed by atoms with Gasteiger partial charge in [0.15, 0.2) is 11.6 Å². The highest BCUT2D eigenvalue weighted by Gasteiger charge is 2.33. The van der Waals surface area contributed by atoms with Crippen molar-refractivity contribution in [1.82, 2.24) is 4.57 Å². The van der Waals surface area contributed by atoms with Gasteiger partial charge in [-0.2, -0.15) is 0 Å². The first-order valence-electron chi connectivity index (χ1n) is 7.70. The number of aromatic nitrogens is 1. The van der Waals surface area contributed by atoms with Gasteiger partial charge in [-0.15, -0.1) is 11.8 Å². The lowest BCUT2D eigenvalue weighted by molar-refractivity contribution is 0.0519. The summed E-state index contributed by atoms with van der Waals surface area (Å²) in [5.74, 6) is -1.15. The summed E-state index contributed by atoms with van der Waals surface area (Å²) in [4.78, 5) is 25.2. The van der Waals surface area contributed by atoms with Gasteiger partial charge in [-0.25, -0.2) is 9.18 Å². The quantitative estimate of drug-likeness (QED) is 0.610. The number of thioether (sulfide) groups is 1. The van der Waals surface area contributed by atoms with E-state index in [0.29, 0.717) is 10.5 Å². The van der Waals surface area contributed by atoms with Gasteiger partial charge in [0, 0.05) is 6.04 Å². The summed E-state index contributed by atoms with van der Waals surface area (Å²) in [7, 11) is 1.37. The number of methoxy groups -OCH3 is 1. The Morgan fingerprint density at radius 1 is 1.42 bits per heavy atom. The van der Waals surface area contributed by atoms with Crippen molar-refractivity contribution in [2.75, 3.05) is 20.0 Å². The molecule has 0 saturated heterocycles. The summed E-state index contributed by atoms with van der Waals surface area (Å²) < 4.78 is 26.3. The molecule has 0 amide bonds. The Hall–Kier alpha value is -2.02. The van der Waals surface area contributed by atoms with Crippen molar-refractivity contribution >= 4 is 28.6 Å². The van der Waals surface area contributed by atoms with Gasteiger partial charge in [0.25, 0.3) is 0 Å². The fraction of sp³-hybridized carbons (Fsp3) is 0.412. The lowest BCUT2D eigenvalue weighted by Gasteiger charge is -2.20. The first-order valence-corrected chi connectivity index (χ1v) is 8.93. The molecule has 0 unspecified atom stereocenters. The molecule has 3 rings (SSSR count). The van der Waals surface area contributed by atoms with Gasteiger partial charge in [-0.05, 0) is 38.2 Å². The number of carbonyl (C=O) groups excluding carboxylic acids is 1. The van der Waals surface area contributed by atoms with Crippen molar-refractivity contribution in [3.63, 3.8) is 0 Å². The number of halogens is 1. The molecule has 7 heteroatoms. The number of fused-ring (bicyclic) bond motifs is 1. The molecule has 2 aromatic rings. The zero-order chi connectivity index (χ0) is 17.4. The molecule has 0 atom stereocenters. The zero-order valence-electron chi connectivity index (χ0n) is 13.7. The Bertz CT molecular complexity index is 873. The van der Waals surface area contributed by atoms with Crippen LogP contribution in [0.15, 0.2) is 22.0 Å². The minimum absolute atomic E-state index is 0.0115. The lowest BCUT2D eigenvalue weighted by atomic mass is 10.1. The van der Waals surface area contributed by atoms with E-state index in [-0.39, 0.29) is 29.3 Å². The summed E-state index contributed by atoms with van der Waals surface area (Å²) in [6.07, 6.45) is 3.61. The van der Waals surface area contributed by atoms with Crippen LogP contribution >= 0.6 is 11.8 Å². The number of hydrogen-bond donors (Lipinski definition) is 0. The molecule has 24 heavy (non-hydrogen) atoms. The molecule has 0 aliphatic heterocycles. The predicted octanol–water partition coefficient (Wildman–Crippen LogP) is 3.38. The number of rotatable bonds is 5.